The third-order valence-electron chi connectivity index (χ3n) is 3.74. The van der Waals surface area contributed by atoms with Gasteiger partial charge in [0.15, 0.2) is 29.5 Å². The first kappa shape index (κ1) is 21.7. The van der Waals surface area contributed by atoms with E-state index in [-0.39, 0.29) is 9.80 Å². The number of hydrogen-bond donors (Lipinski definition) is 0. The van der Waals surface area contributed by atoms with Gasteiger partial charge in [0.2, 0.25) is 13.1 Å². The summed E-state index contributed by atoms with van der Waals surface area (Å²) in [7, 11) is 0. The molecular weight excluding hydrogens is 404 g/mol. The number of nitro groups is 6. The van der Waals surface area contributed by atoms with Gasteiger partial charge >= 0.3 is 17.6 Å². The zero-order valence-corrected chi connectivity index (χ0v) is 13.2. The molecule has 0 unspecified atom stereocenters. The van der Waals surface area contributed by atoms with Crippen molar-refractivity contribution < 1.29 is 34.3 Å². The molecule has 0 N–H and O–H groups in total. The van der Waals surface area contributed by atoms with Crippen LogP contribution >= 0.6 is 0 Å². The van der Waals surface area contributed by atoms with Crippen molar-refractivity contribution >= 4 is 6.03 Å². The van der Waals surface area contributed by atoms with Crippen LogP contribution in [0, 0.1) is 60.7 Å². The summed E-state index contributed by atoms with van der Waals surface area (Å²) >= 11 is 0. The van der Waals surface area contributed by atoms with Gasteiger partial charge in [0.25, 0.3) is 0 Å². The van der Waals surface area contributed by atoms with Crippen LogP contribution in [0.2, 0.25) is 0 Å². The van der Waals surface area contributed by atoms with Crippen LogP contribution < -0.4 is 0 Å². The number of carbonyl (C=O) groups excluding carboxylic acids is 1. The van der Waals surface area contributed by atoms with Crippen LogP contribution in [0.1, 0.15) is 0 Å². The standard InChI is InChI=1S/C7H8N8O13/c16-5-8(3-6(10(17)18,11(19)20)12(21)22)1-2-9(5)4-7(13(23)24,14(25)26)15(27)28/h1-4H2. The average molecular weight is 412 g/mol. The van der Waals surface area contributed by atoms with Gasteiger partial charge < -0.3 is 9.80 Å². The highest BCUT2D eigenvalue weighted by molar-refractivity contribution is 5.76. The van der Waals surface area contributed by atoms with Crippen LogP contribution in [0.4, 0.5) is 4.79 Å². The smallest absolute Gasteiger partial charge is 0.301 e. The second kappa shape index (κ2) is 7.12. The van der Waals surface area contributed by atoms with Crippen molar-refractivity contribution in [1.82, 2.24) is 9.80 Å². The Morgan fingerprint density at radius 2 is 0.821 bits per heavy atom. The SMILES string of the molecule is O=C1N(CC([N+](=O)[O-])([N+](=O)[O-])[N+](=O)[O-])CCN1CC([N+](=O)[O-])([N+](=O)[O-])[N+](=O)[O-]. The lowest BCUT2D eigenvalue weighted by molar-refractivity contribution is -0.968. The first-order chi connectivity index (χ1) is 12.7. The highest BCUT2D eigenvalue weighted by atomic mass is 16.7. The van der Waals surface area contributed by atoms with Crippen LogP contribution in [0.3, 0.4) is 0 Å². The Balaban J connectivity index is 3.20. The fourth-order valence-electron chi connectivity index (χ4n) is 2.18. The van der Waals surface area contributed by atoms with Crippen molar-refractivity contribution in [2.75, 3.05) is 26.2 Å². The third kappa shape index (κ3) is 3.10. The fourth-order valence-corrected chi connectivity index (χ4v) is 2.18. The lowest BCUT2D eigenvalue weighted by Crippen LogP contribution is -2.62. The fraction of sp³-hybridized carbons (Fsp3) is 0.857. The number of amides is 2. The molecule has 1 fully saturated rings. The van der Waals surface area contributed by atoms with E-state index < -0.39 is 73.3 Å². The quantitative estimate of drug-likeness (QED) is 0.207. The molecule has 1 aliphatic rings. The molecule has 28 heavy (non-hydrogen) atoms. The highest BCUT2D eigenvalue weighted by Crippen LogP contribution is 2.22. The average Bonchev–Trinajstić information content (AvgIpc) is 2.87. The van der Waals surface area contributed by atoms with Crippen LogP contribution in [0.5, 0.6) is 0 Å². The molecule has 0 radical (unpaired) electrons. The summed E-state index contributed by atoms with van der Waals surface area (Å²) in [4.78, 5) is 66.5. The van der Waals surface area contributed by atoms with Gasteiger partial charge in [0, 0.05) is 13.1 Å². The Hall–Kier alpha value is -4.33. The van der Waals surface area contributed by atoms with Crippen LogP contribution in [-0.4, -0.2) is 83.1 Å². The number of urea groups is 1. The molecule has 0 atom stereocenters. The summed E-state index contributed by atoms with van der Waals surface area (Å²) in [6.45, 7) is -4.87. The van der Waals surface area contributed by atoms with Gasteiger partial charge in [-0.05, 0) is 0 Å². The lowest BCUT2D eigenvalue weighted by Gasteiger charge is -2.19. The van der Waals surface area contributed by atoms with Crippen molar-refractivity contribution in [3.8, 4) is 0 Å². The van der Waals surface area contributed by atoms with Crippen molar-refractivity contribution in [3.63, 3.8) is 0 Å². The molecule has 21 nitrogen and oxygen atoms in total. The monoisotopic (exact) mass is 412 g/mol. The summed E-state index contributed by atoms with van der Waals surface area (Å²) in [6, 6.07) is -1.56. The molecule has 0 aromatic rings. The van der Waals surface area contributed by atoms with E-state index in [1.807, 2.05) is 0 Å². The molecule has 2 amide bonds. The van der Waals surface area contributed by atoms with Gasteiger partial charge in [-0.2, -0.15) is 0 Å². The van der Waals surface area contributed by atoms with Crippen molar-refractivity contribution in [2.45, 2.75) is 11.6 Å². The molecule has 0 aromatic carbocycles. The van der Waals surface area contributed by atoms with Crippen LogP contribution in [0.15, 0.2) is 0 Å². The number of carbonyl (C=O) groups is 1. The molecule has 1 aliphatic heterocycles. The van der Waals surface area contributed by atoms with E-state index in [9.17, 15) is 65.5 Å². The van der Waals surface area contributed by atoms with E-state index in [1.54, 1.807) is 0 Å². The normalized spacial score (nSPS) is 14.6. The number of nitrogens with zero attached hydrogens (tertiary/aromatic N) is 8. The molecule has 0 bridgehead atoms. The second-order valence-electron chi connectivity index (χ2n) is 5.22. The number of rotatable bonds is 10. The Morgan fingerprint density at radius 1 is 0.607 bits per heavy atom. The minimum Gasteiger partial charge on any atom is -0.301 e. The highest BCUT2D eigenvalue weighted by Gasteiger charge is 2.74. The molecule has 0 saturated carbocycles. The molecule has 0 aromatic heterocycles. The van der Waals surface area contributed by atoms with Crippen LogP contribution in [0.25, 0.3) is 0 Å². The maximum absolute atomic E-state index is 12.1. The summed E-state index contributed by atoms with van der Waals surface area (Å²) in [6.07, 6.45) is 0. The lowest BCUT2D eigenvalue weighted by atomic mass is 10.3. The molecular formula is C7H8N8O13. The molecule has 21 heteroatoms. The zero-order valence-electron chi connectivity index (χ0n) is 13.2. The molecule has 154 valence electrons. The first-order valence-corrected chi connectivity index (χ1v) is 6.66. The molecule has 1 heterocycles. The summed E-state index contributed by atoms with van der Waals surface area (Å²) in [5.41, 5.74) is 0. The molecule has 1 saturated heterocycles. The van der Waals surface area contributed by atoms with Crippen molar-refractivity contribution in [1.29, 1.82) is 0 Å². The van der Waals surface area contributed by atoms with Gasteiger partial charge in [0.1, 0.15) is 0 Å². The van der Waals surface area contributed by atoms with Crippen LogP contribution in [-0.2, 0) is 0 Å². The minimum atomic E-state index is -4.07. The van der Waals surface area contributed by atoms with E-state index in [0.717, 1.165) is 0 Å². The van der Waals surface area contributed by atoms with E-state index >= 15 is 0 Å². The van der Waals surface area contributed by atoms with E-state index in [2.05, 4.69) is 0 Å². The van der Waals surface area contributed by atoms with Crippen molar-refractivity contribution in [3.05, 3.63) is 60.7 Å². The second-order valence-corrected chi connectivity index (χ2v) is 5.22. The van der Waals surface area contributed by atoms with Crippen molar-refractivity contribution in [2.24, 2.45) is 0 Å². The number of hydrogen-bond acceptors (Lipinski definition) is 13. The predicted octanol–water partition coefficient (Wildman–Crippen LogP) is -2.31. The minimum absolute atomic E-state index is 0.166. The predicted molar refractivity (Wildman–Crippen MR) is 76.0 cm³/mol. The van der Waals surface area contributed by atoms with E-state index in [1.165, 1.54) is 0 Å². The van der Waals surface area contributed by atoms with E-state index in [4.69, 9.17) is 0 Å². The van der Waals surface area contributed by atoms with Gasteiger partial charge in [-0.1, -0.05) is 0 Å². The molecule has 0 aliphatic carbocycles. The Labute approximate surface area is 150 Å². The maximum Gasteiger partial charge on any atom is 0.717 e. The van der Waals surface area contributed by atoms with Gasteiger partial charge in [0.05, 0.1) is 0 Å². The topological polar surface area (TPSA) is 282 Å². The zero-order chi connectivity index (χ0) is 22.0. The van der Waals surface area contributed by atoms with Gasteiger partial charge in [-0.25, -0.2) is 4.79 Å². The molecule has 1 rings (SSSR count). The summed E-state index contributed by atoms with van der Waals surface area (Å²) in [5, 5.41) is 65.3. The molecule has 0 spiro atoms. The maximum atomic E-state index is 12.1. The first-order valence-electron chi connectivity index (χ1n) is 6.66. The van der Waals surface area contributed by atoms with E-state index in [0.29, 0.717) is 0 Å². The Bertz CT molecular complexity index is 645. The Kier molecular flexibility index (Phi) is 5.52. The van der Waals surface area contributed by atoms with Gasteiger partial charge in [-0.15, -0.1) is 0 Å². The largest absolute Gasteiger partial charge is 0.717 e. The van der Waals surface area contributed by atoms with Gasteiger partial charge in [-0.3, -0.25) is 60.7 Å². The summed E-state index contributed by atoms with van der Waals surface area (Å²) < 4.78 is 0. The summed E-state index contributed by atoms with van der Waals surface area (Å²) in [5.74, 6) is -8.14. The third-order valence-corrected chi connectivity index (χ3v) is 3.74. The Morgan fingerprint density at radius 3 is 1.00 bits per heavy atom.